The van der Waals surface area contributed by atoms with E-state index >= 15 is 0 Å². The van der Waals surface area contributed by atoms with Gasteiger partial charge in [0.25, 0.3) is 0 Å². The Balaban J connectivity index is 1.94. The lowest BCUT2D eigenvalue weighted by molar-refractivity contribution is 0.0679. The minimum absolute atomic E-state index is 0.477. The van der Waals surface area contributed by atoms with Gasteiger partial charge in [0.2, 0.25) is 0 Å². The van der Waals surface area contributed by atoms with E-state index < -0.39 is 5.60 Å². The first-order chi connectivity index (χ1) is 6.66. The van der Waals surface area contributed by atoms with Gasteiger partial charge in [-0.15, -0.1) is 0 Å². The van der Waals surface area contributed by atoms with E-state index in [0.717, 1.165) is 26.1 Å². The Morgan fingerprint density at radius 3 is 2.64 bits per heavy atom. The van der Waals surface area contributed by atoms with Crippen molar-refractivity contribution in [2.24, 2.45) is 0 Å². The first-order valence-corrected chi connectivity index (χ1v) is 5.14. The summed E-state index contributed by atoms with van der Waals surface area (Å²) >= 11 is 0. The Hall–Kier alpha value is -0.860. The average molecular weight is 191 g/mol. The van der Waals surface area contributed by atoms with E-state index in [4.69, 9.17) is 0 Å². The third kappa shape index (κ3) is 2.34. The van der Waals surface area contributed by atoms with Gasteiger partial charge in [-0.3, -0.25) is 4.90 Å². The maximum absolute atomic E-state index is 9.80. The molecule has 0 aromatic heterocycles. The highest BCUT2D eigenvalue weighted by Crippen LogP contribution is 2.21. The Bertz CT molecular complexity index is 294. The second-order valence-corrected chi connectivity index (χ2v) is 4.44. The fourth-order valence-corrected chi connectivity index (χ4v) is 2.02. The summed E-state index contributed by atoms with van der Waals surface area (Å²) < 4.78 is 0. The summed E-state index contributed by atoms with van der Waals surface area (Å²) in [6.07, 6.45) is 0.889. The van der Waals surface area contributed by atoms with E-state index in [1.54, 1.807) is 0 Å². The molecule has 0 aliphatic carbocycles. The quantitative estimate of drug-likeness (QED) is 0.768. The van der Waals surface area contributed by atoms with Gasteiger partial charge in [-0.2, -0.15) is 0 Å². The number of benzene rings is 1. The largest absolute Gasteiger partial charge is 0.389 e. The molecule has 1 aromatic carbocycles. The van der Waals surface area contributed by atoms with Crippen LogP contribution in [0.1, 0.15) is 18.9 Å². The predicted octanol–water partition coefficient (Wildman–Crippen LogP) is 1.64. The summed E-state index contributed by atoms with van der Waals surface area (Å²) in [6, 6.07) is 10.4. The van der Waals surface area contributed by atoms with Crippen LogP contribution in [0.5, 0.6) is 0 Å². The van der Waals surface area contributed by atoms with Crippen molar-refractivity contribution in [2.75, 3.05) is 13.1 Å². The van der Waals surface area contributed by atoms with Gasteiger partial charge in [-0.25, -0.2) is 0 Å². The normalized spacial score (nSPS) is 28.1. The molecule has 1 heterocycles. The molecule has 1 fully saturated rings. The molecule has 0 spiro atoms. The molecule has 1 aliphatic rings. The molecule has 1 atom stereocenters. The molecular weight excluding hydrogens is 174 g/mol. The SMILES string of the molecule is C[C@]1(O)CCN(Cc2ccccc2)C1. The summed E-state index contributed by atoms with van der Waals surface area (Å²) in [5.74, 6) is 0. The predicted molar refractivity (Wildman–Crippen MR) is 57.0 cm³/mol. The summed E-state index contributed by atoms with van der Waals surface area (Å²) in [6.45, 7) is 4.67. The molecule has 2 heteroatoms. The van der Waals surface area contributed by atoms with E-state index in [-0.39, 0.29) is 0 Å². The average Bonchev–Trinajstić information content (AvgIpc) is 2.47. The van der Waals surface area contributed by atoms with Crippen molar-refractivity contribution in [2.45, 2.75) is 25.5 Å². The monoisotopic (exact) mass is 191 g/mol. The van der Waals surface area contributed by atoms with Crippen LogP contribution < -0.4 is 0 Å². The van der Waals surface area contributed by atoms with Crippen LogP contribution in [0.15, 0.2) is 30.3 Å². The zero-order chi connectivity index (χ0) is 10.0. The molecule has 0 amide bonds. The van der Waals surface area contributed by atoms with Crippen LogP contribution in [0.2, 0.25) is 0 Å². The molecule has 14 heavy (non-hydrogen) atoms. The van der Waals surface area contributed by atoms with Crippen LogP contribution in [0, 0.1) is 0 Å². The molecule has 1 saturated heterocycles. The summed E-state index contributed by atoms with van der Waals surface area (Å²) in [5, 5.41) is 9.80. The smallest absolute Gasteiger partial charge is 0.0758 e. The molecular formula is C12H17NO. The van der Waals surface area contributed by atoms with Gasteiger partial charge in [-0.1, -0.05) is 30.3 Å². The molecule has 76 valence electrons. The minimum atomic E-state index is -0.477. The van der Waals surface area contributed by atoms with Gasteiger partial charge in [0.15, 0.2) is 0 Å². The van der Waals surface area contributed by atoms with Gasteiger partial charge in [0.1, 0.15) is 0 Å². The molecule has 1 N–H and O–H groups in total. The molecule has 2 rings (SSSR count). The second kappa shape index (κ2) is 3.71. The van der Waals surface area contributed by atoms with Crippen LogP contribution >= 0.6 is 0 Å². The topological polar surface area (TPSA) is 23.5 Å². The summed E-state index contributed by atoms with van der Waals surface area (Å²) in [4.78, 5) is 2.30. The van der Waals surface area contributed by atoms with Crippen LogP contribution in [0.4, 0.5) is 0 Å². The minimum Gasteiger partial charge on any atom is -0.389 e. The van der Waals surface area contributed by atoms with Crippen LogP contribution in [0.25, 0.3) is 0 Å². The van der Waals surface area contributed by atoms with Crippen LogP contribution in [-0.4, -0.2) is 28.7 Å². The van der Waals surface area contributed by atoms with E-state index in [9.17, 15) is 5.11 Å². The number of hydrogen-bond acceptors (Lipinski definition) is 2. The van der Waals surface area contributed by atoms with Crippen molar-refractivity contribution in [3.05, 3.63) is 35.9 Å². The Labute approximate surface area is 85.2 Å². The molecule has 1 aromatic rings. The third-order valence-electron chi connectivity index (χ3n) is 2.78. The molecule has 0 saturated carbocycles. The van der Waals surface area contributed by atoms with Gasteiger partial charge >= 0.3 is 0 Å². The fourth-order valence-electron chi connectivity index (χ4n) is 2.02. The van der Waals surface area contributed by atoms with E-state index in [1.807, 2.05) is 13.0 Å². The molecule has 0 unspecified atom stereocenters. The molecule has 1 aliphatic heterocycles. The first kappa shape index (κ1) is 9.69. The van der Waals surface area contributed by atoms with Crippen molar-refractivity contribution < 1.29 is 5.11 Å². The maximum Gasteiger partial charge on any atom is 0.0758 e. The van der Waals surface area contributed by atoms with Gasteiger partial charge in [0, 0.05) is 19.6 Å². The van der Waals surface area contributed by atoms with Crippen molar-refractivity contribution in [1.29, 1.82) is 0 Å². The van der Waals surface area contributed by atoms with Crippen molar-refractivity contribution >= 4 is 0 Å². The molecule has 2 nitrogen and oxygen atoms in total. The van der Waals surface area contributed by atoms with E-state index in [2.05, 4.69) is 29.2 Å². The Morgan fingerprint density at radius 2 is 2.07 bits per heavy atom. The fraction of sp³-hybridized carbons (Fsp3) is 0.500. The highest BCUT2D eigenvalue weighted by molar-refractivity contribution is 5.14. The second-order valence-electron chi connectivity index (χ2n) is 4.44. The maximum atomic E-state index is 9.80. The standard InChI is InChI=1S/C12H17NO/c1-12(14)7-8-13(10-12)9-11-5-3-2-4-6-11/h2-6,14H,7-10H2,1H3/t12-/m0/s1. The van der Waals surface area contributed by atoms with E-state index in [1.165, 1.54) is 5.56 Å². The first-order valence-electron chi connectivity index (χ1n) is 5.14. The zero-order valence-corrected chi connectivity index (χ0v) is 8.61. The van der Waals surface area contributed by atoms with E-state index in [0.29, 0.717) is 0 Å². The number of likely N-dealkylation sites (tertiary alicyclic amines) is 1. The van der Waals surface area contributed by atoms with Gasteiger partial charge in [-0.05, 0) is 18.9 Å². The van der Waals surface area contributed by atoms with Crippen molar-refractivity contribution in [3.63, 3.8) is 0 Å². The number of rotatable bonds is 2. The Kier molecular flexibility index (Phi) is 2.57. The number of nitrogens with zero attached hydrogens (tertiary/aromatic N) is 1. The third-order valence-corrected chi connectivity index (χ3v) is 2.78. The molecule has 0 radical (unpaired) electrons. The highest BCUT2D eigenvalue weighted by Gasteiger charge is 2.30. The molecule has 0 bridgehead atoms. The number of hydrogen-bond donors (Lipinski definition) is 1. The lowest BCUT2D eigenvalue weighted by Gasteiger charge is -2.18. The number of β-amino-alcohol motifs (C(OH)–C–C–N with tert-alkyl or cyclic N) is 1. The van der Waals surface area contributed by atoms with Crippen molar-refractivity contribution in [3.8, 4) is 0 Å². The lowest BCUT2D eigenvalue weighted by atomic mass is 10.1. The lowest BCUT2D eigenvalue weighted by Crippen LogP contribution is -2.29. The van der Waals surface area contributed by atoms with Gasteiger partial charge < -0.3 is 5.11 Å². The van der Waals surface area contributed by atoms with Crippen LogP contribution in [0.3, 0.4) is 0 Å². The highest BCUT2D eigenvalue weighted by atomic mass is 16.3. The summed E-state index contributed by atoms with van der Waals surface area (Å²) in [7, 11) is 0. The van der Waals surface area contributed by atoms with Crippen molar-refractivity contribution in [1.82, 2.24) is 4.90 Å². The summed E-state index contributed by atoms with van der Waals surface area (Å²) in [5.41, 5.74) is 0.847. The van der Waals surface area contributed by atoms with Gasteiger partial charge in [0.05, 0.1) is 5.60 Å². The zero-order valence-electron chi connectivity index (χ0n) is 8.61. The Morgan fingerprint density at radius 1 is 1.36 bits per heavy atom. The number of aliphatic hydroxyl groups is 1. The van der Waals surface area contributed by atoms with Crippen LogP contribution in [-0.2, 0) is 6.54 Å².